The molecule has 0 aliphatic heterocycles. The minimum absolute atomic E-state index is 0.392. The zero-order chi connectivity index (χ0) is 33.2. The fourth-order valence-corrected chi connectivity index (χ4v) is 7.94. The highest BCUT2D eigenvalue weighted by Crippen LogP contribution is 2.30. The van der Waals surface area contributed by atoms with Gasteiger partial charge in [0.1, 0.15) is 25.8 Å². The molecule has 232 valence electrons. The highest BCUT2D eigenvalue weighted by Gasteiger charge is 2.11. The van der Waals surface area contributed by atoms with Gasteiger partial charge in [0.2, 0.25) is 0 Å². The Bertz CT molecular complexity index is 1690. The Balaban J connectivity index is 0.000000206. The van der Waals surface area contributed by atoms with Crippen LogP contribution in [0, 0.1) is 11.0 Å². The molecule has 16 heteroatoms. The van der Waals surface area contributed by atoms with Gasteiger partial charge < -0.3 is 10.0 Å². The average Bonchev–Trinajstić information content (AvgIpc) is 3.02. The second-order valence-electron chi connectivity index (χ2n) is 8.95. The van der Waals surface area contributed by atoms with E-state index in [9.17, 15) is 0 Å². The van der Waals surface area contributed by atoms with Crippen LogP contribution in [0.25, 0.3) is 33.6 Å². The lowest BCUT2D eigenvalue weighted by Crippen LogP contribution is -2.29. The largest absolute Gasteiger partial charge is 0.490 e. The van der Waals surface area contributed by atoms with Crippen LogP contribution in [0.3, 0.4) is 0 Å². The standard InChI is InChI=1S/C20H11Br3N4.C5H5BBrNO2.C5H2I3N/c21-18-4-1-12(9-24-18)15-7-16(13-2-5-19(22)25-10-13)27-17(8-15)14-3-6-20(23)26-11-14;7-5-2-1-4(3-8-5)6(9)10;6-3-1-4(7)9-5(8)2-3/h1-11H;1-3,9-10H;1-2H. The van der Waals surface area contributed by atoms with Crippen LogP contribution in [-0.4, -0.2) is 47.1 Å². The molecule has 46 heavy (non-hydrogen) atoms. The fourth-order valence-electron chi connectivity index (χ4n) is 3.57. The van der Waals surface area contributed by atoms with Gasteiger partial charge in [0.05, 0.1) is 11.4 Å². The third kappa shape index (κ3) is 12.2. The second-order valence-corrected chi connectivity index (χ2v) is 15.7. The first-order chi connectivity index (χ1) is 22.0. The van der Waals surface area contributed by atoms with E-state index in [-0.39, 0.29) is 0 Å². The van der Waals surface area contributed by atoms with Crippen LogP contribution in [0.4, 0.5) is 0 Å². The highest BCUT2D eigenvalue weighted by molar-refractivity contribution is 14.1. The Morgan fingerprint density at radius 2 is 0.891 bits per heavy atom. The number of rotatable bonds is 4. The molecule has 0 amide bonds. The van der Waals surface area contributed by atoms with Crippen LogP contribution in [0.1, 0.15) is 0 Å². The zero-order valence-electron chi connectivity index (χ0n) is 23.0. The van der Waals surface area contributed by atoms with Crippen LogP contribution < -0.4 is 5.46 Å². The molecule has 6 aromatic rings. The van der Waals surface area contributed by atoms with Crippen molar-refractivity contribution in [3.8, 4) is 33.6 Å². The highest BCUT2D eigenvalue weighted by atomic mass is 127. The molecule has 0 aliphatic carbocycles. The Labute approximate surface area is 340 Å². The Morgan fingerprint density at radius 1 is 0.478 bits per heavy atom. The summed E-state index contributed by atoms with van der Waals surface area (Å²) in [7, 11) is -1.43. The summed E-state index contributed by atoms with van der Waals surface area (Å²) in [6.45, 7) is 0. The fraction of sp³-hybridized carbons (Fsp3) is 0. The normalized spacial score (nSPS) is 10.3. The zero-order valence-corrected chi connectivity index (χ0v) is 35.9. The van der Waals surface area contributed by atoms with E-state index in [1.54, 1.807) is 24.5 Å². The van der Waals surface area contributed by atoms with Gasteiger partial charge in [0.15, 0.2) is 0 Å². The molecular formula is C30H18BBr4I3N6O2. The van der Waals surface area contributed by atoms with Crippen molar-refractivity contribution >= 4 is 144 Å². The number of nitrogens with zero attached hydrogens (tertiary/aromatic N) is 6. The van der Waals surface area contributed by atoms with E-state index >= 15 is 0 Å². The molecule has 6 heterocycles. The lowest BCUT2D eigenvalue weighted by molar-refractivity contribution is 0.425. The number of hydrogen-bond acceptors (Lipinski definition) is 8. The predicted octanol–water partition coefficient (Wildman–Crippen LogP) is 8.97. The van der Waals surface area contributed by atoms with Gasteiger partial charge in [-0.2, -0.15) is 0 Å². The van der Waals surface area contributed by atoms with Gasteiger partial charge in [-0.25, -0.2) is 29.9 Å². The maximum atomic E-state index is 8.61. The average molecular weight is 1210 g/mol. The summed E-state index contributed by atoms with van der Waals surface area (Å²) in [6, 6.07) is 23.2. The van der Waals surface area contributed by atoms with E-state index in [1.165, 1.54) is 9.77 Å². The van der Waals surface area contributed by atoms with E-state index in [1.807, 2.05) is 66.9 Å². The Morgan fingerprint density at radius 3 is 1.24 bits per heavy atom. The maximum Gasteiger partial charge on any atom is 0.490 e. The summed E-state index contributed by atoms with van der Waals surface area (Å²) in [5.74, 6) is 0. The van der Waals surface area contributed by atoms with E-state index < -0.39 is 7.12 Å². The van der Waals surface area contributed by atoms with Crippen molar-refractivity contribution in [3.05, 3.63) is 127 Å². The van der Waals surface area contributed by atoms with Crippen LogP contribution >= 0.6 is 131 Å². The maximum absolute atomic E-state index is 8.61. The number of pyridine rings is 6. The predicted molar refractivity (Wildman–Crippen MR) is 221 cm³/mol. The summed E-state index contributed by atoms with van der Waals surface area (Å²) in [5, 5.41) is 17.2. The third-order valence-electron chi connectivity index (χ3n) is 5.71. The van der Waals surface area contributed by atoms with Crippen molar-refractivity contribution in [2.45, 2.75) is 0 Å². The SMILES string of the molecule is Brc1ccc(-c2cc(-c3ccc(Br)nc3)nc(-c3ccc(Br)nc3)c2)cn1.Ic1cc(I)nc(I)c1.OB(O)c1ccc(Br)nc1. The monoisotopic (exact) mass is 1200 g/mol. The van der Waals surface area contributed by atoms with Crippen molar-refractivity contribution in [2.75, 3.05) is 0 Å². The molecule has 0 unspecified atom stereocenters. The Hall–Kier alpha value is -1.01. The first-order valence-electron chi connectivity index (χ1n) is 12.8. The lowest BCUT2D eigenvalue weighted by atomic mass is 9.82. The topological polar surface area (TPSA) is 118 Å². The van der Waals surface area contributed by atoms with Crippen LogP contribution in [0.5, 0.6) is 0 Å². The molecule has 0 radical (unpaired) electrons. The number of halogens is 7. The molecule has 2 N–H and O–H groups in total. The molecule has 0 spiro atoms. The lowest BCUT2D eigenvalue weighted by Gasteiger charge is -2.10. The molecule has 0 bridgehead atoms. The molecule has 0 saturated carbocycles. The third-order valence-corrected chi connectivity index (χ3v) is 9.31. The van der Waals surface area contributed by atoms with Crippen molar-refractivity contribution in [1.82, 2.24) is 29.9 Å². The smallest absolute Gasteiger partial charge is 0.423 e. The van der Waals surface area contributed by atoms with Crippen LogP contribution in [0.2, 0.25) is 0 Å². The van der Waals surface area contributed by atoms with Gasteiger partial charge in [-0.1, -0.05) is 12.1 Å². The minimum Gasteiger partial charge on any atom is -0.423 e. The van der Waals surface area contributed by atoms with Crippen molar-refractivity contribution in [2.24, 2.45) is 0 Å². The summed E-state index contributed by atoms with van der Waals surface area (Å²) in [6.07, 6.45) is 6.85. The van der Waals surface area contributed by atoms with Gasteiger partial charge in [-0.05, 0) is 198 Å². The van der Waals surface area contributed by atoms with Crippen molar-refractivity contribution in [3.63, 3.8) is 0 Å². The Kier molecular flexibility index (Phi) is 15.3. The first-order valence-corrected chi connectivity index (χ1v) is 19.2. The van der Waals surface area contributed by atoms with E-state index in [0.717, 1.165) is 54.9 Å². The van der Waals surface area contributed by atoms with Gasteiger partial charge in [0.25, 0.3) is 0 Å². The molecule has 0 saturated heterocycles. The van der Waals surface area contributed by atoms with Crippen molar-refractivity contribution < 1.29 is 10.0 Å². The molecule has 0 fully saturated rings. The quantitative estimate of drug-likeness (QED) is 0.102. The van der Waals surface area contributed by atoms with Crippen molar-refractivity contribution in [1.29, 1.82) is 0 Å². The molecule has 8 nitrogen and oxygen atoms in total. The van der Waals surface area contributed by atoms with E-state index in [2.05, 4.69) is 156 Å². The first kappa shape index (κ1) is 37.8. The second kappa shape index (κ2) is 18.7. The van der Waals surface area contributed by atoms with Gasteiger partial charge in [-0.3, -0.25) is 0 Å². The van der Waals surface area contributed by atoms with Crippen LogP contribution in [0.15, 0.2) is 116 Å². The van der Waals surface area contributed by atoms with Gasteiger partial charge in [0, 0.05) is 50.5 Å². The van der Waals surface area contributed by atoms with E-state index in [4.69, 9.17) is 15.0 Å². The summed E-state index contributed by atoms with van der Waals surface area (Å²) in [4.78, 5) is 25.8. The summed E-state index contributed by atoms with van der Waals surface area (Å²) < 4.78 is 6.42. The molecule has 6 aromatic heterocycles. The number of aromatic nitrogens is 6. The van der Waals surface area contributed by atoms with Gasteiger partial charge >= 0.3 is 7.12 Å². The molecule has 6 rings (SSSR count). The molecule has 0 aromatic carbocycles. The molecule has 0 aliphatic rings. The van der Waals surface area contributed by atoms with E-state index in [0.29, 0.717) is 10.1 Å². The van der Waals surface area contributed by atoms with Crippen LogP contribution in [-0.2, 0) is 0 Å². The molecular weight excluding hydrogens is 1190 g/mol. The minimum atomic E-state index is -1.43. The number of hydrogen-bond donors (Lipinski definition) is 2. The molecule has 0 atom stereocenters. The summed E-state index contributed by atoms with van der Waals surface area (Å²) >= 11 is 20.0. The van der Waals surface area contributed by atoms with Gasteiger partial charge in [-0.15, -0.1) is 0 Å². The summed E-state index contributed by atoms with van der Waals surface area (Å²) in [5.41, 5.74) is 6.00.